The van der Waals surface area contributed by atoms with Gasteiger partial charge in [0.15, 0.2) is 5.78 Å². The van der Waals surface area contributed by atoms with Crippen LogP contribution in [0.15, 0.2) is 48.5 Å². The molecule has 2 aromatic rings. The molecule has 0 saturated carbocycles. The Morgan fingerprint density at radius 3 is 2.19 bits per heavy atom. The van der Waals surface area contributed by atoms with Gasteiger partial charge in [0.1, 0.15) is 11.5 Å². The molecule has 0 aliphatic carbocycles. The number of ether oxygens (including phenoxy) is 2. The summed E-state index contributed by atoms with van der Waals surface area (Å²) in [6.45, 7) is 0. The second-order valence-electron chi connectivity index (χ2n) is 4.13. The molecule has 0 saturated heterocycles. The van der Waals surface area contributed by atoms with E-state index >= 15 is 0 Å². The van der Waals surface area contributed by atoms with Gasteiger partial charge in [-0.25, -0.2) is 0 Å². The molecule has 6 heteroatoms. The lowest BCUT2D eigenvalue weighted by atomic mass is 10.0. The van der Waals surface area contributed by atoms with Gasteiger partial charge in [0.2, 0.25) is 0 Å². The van der Waals surface area contributed by atoms with Crippen LogP contribution in [-0.4, -0.2) is 19.3 Å². The predicted octanol–water partition coefficient (Wildman–Crippen LogP) is 3.82. The predicted molar refractivity (Wildman–Crippen MR) is 69.6 cm³/mol. The molecular formula is C15H11F3O3. The topological polar surface area (TPSA) is 35.5 Å². The first-order valence-electron chi connectivity index (χ1n) is 5.93. The molecule has 21 heavy (non-hydrogen) atoms. The fourth-order valence-electron chi connectivity index (χ4n) is 1.74. The molecule has 0 N–H and O–H groups in total. The second-order valence-corrected chi connectivity index (χ2v) is 4.13. The van der Waals surface area contributed by atoms with E-state index in [2.05, 4.69) is 4.74 Å². The van der Waals surface area contributed by atoms with Crippen LogP contribution in [0.3, 0.4) is 0 Å². The van der Waals surface area contributed by atoms with Crippen LogP contribution in [-0.2, 0) is 0 Å². The van der Waals surface area contributed by atoms with E-state index in [-0.39, 0.29) is 17.1 Å². The third-order valence-electron chi connectivity index (χ3n) is 2.68. The third kappa shape index (κ3) is 3.98. The Labute approximate surface area is 118 Å². The minimum atomic E-state index is -4.75. The number of carbonyl (C=O) groups excluding carboxylic acids is 1. The van der Waals surface area contributed by atoms with Gasteiger partial charge in [0.25, 0.3) is 0 Å². The fraction of sp³-hybridized carbons (Fsp3) is 0.133. The van der Waals surface area contributed by atoms with Crippen molar-refractivity contribution in [3.8, 4) is 11.5 Å². The fourth-order valence-corrected chi connectivity index (χ4v) is 1.74. The lowest BCUT2D eigenvalue weighted by Gasteiger charge is -2.09. The van der Waals surface area contributed by atoms with E-state index in [0.717, 1.165) is 12.1 Å². The van der Waals surface area contributed by atoms with Crippen molar-refractivity contribution < 1.29 is 27.4 Å². The van der Waals surface area contributed by atoms with Gasteiger partial charge in [0.05, 0.1) is 7.11 Å². The van der Waals surface area contributed by atoms with Crippen LogP contribution in [0.4, 0.5) is 13.2 Å². The Hall–Kier alpha value is -2.50. The minimum Gasteiger partial charge on any atom is -0.497 e. The number of alkyl halides is 3. The van der Waals surface area contributed by atoms with Crippen molar-refractivity contribution in [3.63, 3.8) is 0 Å². The van der Waals surface area contributed by atoms with Crippen molar-refractivity contribution in [2.75, 3.05) is 7.11 Å². The Kier molecular flexibility index (Phi) is 4.16. The summed E-state index contributed by atoms with van der Waals surface area (Å²) in [6, 6.07) is 11.3. The molecule has 0 fully saturated rings. The molecule has 0 spiro atoms. The largest absolute Gasteiger partial charge is 0.573 e. The standard InChI is InChI=1S/C15H11F3O3/c1-20-13-4-2-3-11(9-13)14(19)10-5-7-12(8-6-10)21-15(16,17)18/h2-9H,1H3. The Morgan fingerprint density at radius 2 is 1.62 bits per heavy atom. The average Bonchev–Trinajstić information content (AvgIpc) is 2.46. The van der Waals surface area contributed by atoms with Gasteiger partial charge >= 0.3 is 6.36 Å². The van der Waals surface area contributed by atoms with E-state index < -0.39 is 6.36 Å². The first-order valence-corrected chi connectivity index (χ1v) is 5.93. The first kappa shape index (κ1) is 14.9. The van der Waals surface area contributed by atoms with Crippen LogP contribution in [0.2, 0.25) is 0 Å². The number of carbonyl (C=O) groups is 1. The molecule has 0 amide bonds. The number of hydrogen-bond donors (Lipinski definition) is 0. The number of ketones is 1. The van der Waals surface area contributed by atoms with Crippen molar-refractivity contribution >= 4 is 5.78 Å². The van der Waals surface area contributed by atoms with Crippen LogP contribution < -0.4 is 9.47 Å². The van der Waals surface area contributed by atoms with E-state index in [1.807, 2.05) is 0 Å². The maximum atomic E-state index is 12.2. The molecule has 0 atom stereocenters. The normalized spacial score (nSPS) is 11.0. The van der Waals surface area contributed by atoms with E-state index in [9.17, 15) is 18.0 Å². The summed E-state index contributed by atoms with van der Waals surface area (Å²) in [6.07, 6.45) is -4.75. The summed E-state index contributed by atoms with van der Waals surface area (Å²) >= 11 is 0. The first-order chi connectivity index (χ1) is 9.89. The van der Waals surface area contributed by atoms with E-state index in [1.54, 1.807) is 24.3 Å². The van der Waals surface area contributed by atoms with Crippen LogP contribution in [0.1, 0.15) is 15.9 Å². The number of halogens is 3. The molecule has 0 radical (unpaired) electrons. The van der Waals surface area contributed by atoms with E-state index in [1.165, 1.54) is 19.2 Å². The van der Waals surface area contributed by atoms with Gasteiger partial charge in [-0.1, -0.05) is 12.1 Å². The van der Waals surface area contributed by atoms with Crippen LogP contribution in [0.5, 0.6) is 11.5 Å². The molecule has 0 aliphatic heterocycles. The zero-order valence-electron chi connectivity index (χ0n) is 11.0. The van der Waals surface area contributed by atoms with Crippen molar-refractivity contribution in [1.82, 2.24) is 0 Å². The second kappa shape index (κ2) is 5.87. The molecule has 0 heterocycles. The van der Waals surface area contributed by atoms with Gasteiger partial charge in [-0.3, -0.25) is 4.79 Å². The molecular weight excluding hydrogens is 285 g/mol. The number of benzene rings is 2. The smallest absolute Gasteiger partial charge is 0.497 e. The SMILES string of the molecule is COc1cccc(C(=O)c2ccc(OC(F)(F)F)cc2)c1. The average molecular weight is 296 g/mol. The van der Waals surface area contributed by atoms with Crippen molar-refractivity contribution in [1.29, 1.82) is 0 Å². The van der Waals surface area contributed by atoms with Gasteiger partial charge in [0, 0.05) is 11.1 Å². The molecule has 0 bridgehead atoms. The maximum absolute atomic E-state index is 12.2. The summed E-state index contributed by atoms with van der Waals surface area (Å²) in [4.78, 5) is 12.2. The Balaban J connectivity index is 2.19. The lowest BCUT2D eigenvalue weighted by molar-refractivity contribution is -0.274. The molecule has 0 aliphatic rings. The maximum Gasteiger partial charge on any atom is 0.573 e. The van der Waals surface area contributed by atoms with E-state index in [4.69, 9.17) is 4.74 Å². The summed E-state index contributed by atoms with van der Waals surface area (Å²) in [5, 5.41) is 0. The molecule has 2 aromatic carbocycles. The van der Waals surface area contributed by atoms with Gasteiger partial charge in [-0.15, -0.1) is 13.2 Å². The van der Waals surface area contributed by atoms with Gasteiger partial charge in [-0.05, 0) is 36.4 Å². The Morgan fingerprint density at radius 1 is 0.952 bits per heavy atom. The lowest BCUT2D eigenvalue weighted by Crippen LogP contribution is -2.17. The number of methoxy groups -OCH3 is 1. The monoisotopic (exact) mass is 296 g/mol. The highest BCUT2D eigenvalue weighted by molar-refractivity contribution is 6.09. The van der Waals surface area contributed by atoms with Crippen LogP contribution >= 0.6 is 0 Å². The van der Waals surface area contributed by atoms with Gasteiger partial charge in [-0.2, -0.15) is 0 Å². The quantitative estimate of drug-likeness (QED) is 0.804. The zero-order valence-corrected chi connectivity index (χ0v) is 11.0. The summed E-state index contributed by atoms with van der Waals surface area (Å²) < 4.78 is 44.9. The summed E-state index contributed by atoms with van der Waals surface area (Å²) in [5.41, 5.74) is 0.650. The molecule has 2 rings (SSSR count). The summed E-state index contributed by atoms with van der Waals surface area (Å²) in [7, 11) is 1.48. The highest BCUT2D eigenvalue weighted by atomic mass is 19.4. The zero-order chi connectivity index (χ0) is 15.5. The molecule has 3 nitrogen and oxygen atoms in total. The van der Waals surface area contributed by atoms with Crippen LogP contribution in [0, 0.1) is 0 Å². The highest BCUT2D eigenvalue weighted by Crippen LogP contribution is 2.24. The minimum absolute atomic E-state index is 0.262. The Bertz CT molecular complexity index is 633. The molecule has 0 aromatic heterocycles. The van der Waals surface area contributed by atoms with Crippen molar-refractivity contribution in [2.45, 2.75) is 6.36 Å². The molecule has 0 unspecified atom stereocenters. The number of hydrogen-bond acceptors (Lipinski definition) is 3. The highest BCUT2D eigenvalue weighted by Gasteiger charge is 2.31. The molecule has 110 valence electrons. The van der Waals surface area contributed by atoms with Gasteiger partial charge < -0.3 is 9.47 Å². The van der Waals surface area contributed by atoms with E-state index in [0.29, 0.717) is 11.3 Å². The number of rotatable bonds is 4. The third-order valence-corrected chi connectivity index (χ3v) is 2.68. The van der Waals surface area contributed by atoms with Crippen molar-refractivity contribution in [2.24, 2.45) is 0 Å². The summed E-state index contributed by atoms with van der Waals surface area (Å²) in [5.74, 6) is -0.157. The van der Waals surface area contributed by atoms with Crippen LogP contribution in [0.25, 0.3) is 0 Å². The van der Waals surface area contributed by atoms with Crippen molar-refractivity contribution in [3.05, 3.63) is 59.7 Å².